The zero-order chi connectivity index (χ0) is 14.1. The summed E-state index contributed by atoms with van der Waals surface area (Å²) < 4.78 is 13.2. The minimum Gasteiger partial charge on any atom is -0.381 e. The molecule has 0 aliphatic heterocycles. The number of para-hydroxylation sites is 2. The van der Waals surface area contributed by atoms with Crippen LogP contribution in [-0.4, -0.2) is 9.97 Å². The van der Waals surface area contributed by atoms with Crippen molar-refractivity contribution in [3.8, 4) is 0 Å². The van der Waals surface area contributed by atoms with E-state index in [1.54, 1.807) is 19.1 Å². The fraction of sp³-hybridized carbons (Fsp3) is 0.0667. The highest BCUT2D eigenvalue weighted by molar-refractivity contribution is 5.80. The average molecular weight is 268 g/mol. The Kier molecular flexibility index (Phi) is 2.95. The molecule has 0 fully saturated rings. The number of nitrogens with two attached hydrogens (primary N) is 1. The van der Waals surface area contributed by atoms with Gasteiger partial charge in [0.05, 0.1) is 11.0 Å². The molecule has 0 bridgehead atoms. The minimum atomic E-state index is -0.242. The number of nitrogen functional groups attached to an aromatic ring is 1. The molecule has 4 nitrogen and oxygen atoms in total. The Labute approximate surface area is 115 Å². The van der Waals surface area contributed by atoms with Crippen LogP contribution in [0.25, 0.3) is 11.0 Å². The molecule has 3 N–H and O–H groups in total. The van der Waals surface area contributed by atoms with Crippen LogP contribution in [0.3, 0.4) is 0 Å². The van der Waals surface area contributed by atoms with Crippen LogP contribution in [0.2, 0.25) is 0 Å². The van der Waals surface area contributed by atoms with Gasteiger partial charge in [0.15, 0.2) is 11.6 Å². The van der Waals surface area contributed by atoms with Crippen LogP contribution in [0, 0.1) is 12.7 Å². The maximum atomic E-state index is 13.2. The van der Waals surface area contributed by atoms with Gasteiger partial charge in [0, 0.05) is 5.69 Å². The largest absolute Gasteiger partial charge is 0.381 e. The third-order valence-electron chi connectivity index (χ3n) is 3.02. The van der Waals surface area contributed by atoms with Crippen molar-refractivity contribution in [1.82, 2.24) is 9.97 Å². The third-order valence-corrected chi connectivity index (χ3v) is 3.02. The van der Waals surface area contributed by atoms with Crippen molar-refractivity contribution < 1.29 is 4.39 Å². The van der Waals surface area contributed by atoms with Gasteiger partial charge in [-0.25, -0.2) is 14.4 Å². The van der Waals surface area contributed by atoms with E-state index in [-0.39, 0.29) is 5.82 Å². The lowest BCUT2D eigenvalue weighted by atomic mass is 10.2. The number of aromatic nitrogens is 2. The number of hydrogen-bond acceptors (Lipinski definition) is 4. The average Bonchev–Trinajstić information content (AvgIpc) is 2.44. The molecule has 100 valence electrons. The topological polar surface area (TPSA) is 63.8 Å². The maximum Gasteiger partial charge on any atom is 0.174 e. The Hall–Kier alpha value is -2.69. The van der Waals surface area contributed by atoms with Crippen molar-refractivity contribution in [2.24, 2.45) is 0 Å². The summed E-state index contributed by atoms with van der Waals surface area (Å²) >= 11 is 0. The third kappa shape index (κ3) is 2.25. The lowest BCUT2D eigenvalue weighted by molar-refractivity contribution is 0.619. The summed E-state index contributed by atoms with van der Waals surface area (Å²) in [7, 11) is 0. The number of rotatable bonds is 2. The van der Waals surface area contributed by atoms with Gasteiger partial charge in [0.1, 0.15) is 5.82 Å². The number of hydrogen-bond donors (Lipinski definition) is 2. The molecule has 0 radical (unpaired) electrons. The summed E-state index contributed by atoms with van der Waals surface area (Å²) in [6, 6.07) is 12.2. The highest BCUT2D eigenvalue weighted by Crippen LogP contribution is 2.23. The highest BCUT2D eigenvalue weighted by atomic mass is 19.1. The number of fused-ring (bicyclic) bond motifs is 1. The normalized spacial score (nSPS) is 10.7. The highest BCUT2D eigenvalue weighted by Gasteiger charge is 2.07. The molecular weight excluding hydrogens is 255 g/mol. The van der Waals surface area contributed by atoms with E-state index in [9.17, 15) is 4.39 Å². The van der Waals surface area contributed by atoms with Crippen molar-refractivity contribution >= 4 is 28.4 Å². The molecule has 20 heavy (non-hydrogen) atoms. The van der Waals surface area contributed by atoms with E-state index in [1.165, 1.54) is 6.07 Å². The van der Waals surface area contributed by atoms with Crippen LogP contribution in [0.1, 0.15) is 5.56 Å². The standard InChI is InChI=1S/C15H13FN4/c1-9-8-10(6-7-11(9)16)18-15-14(17)19-12-4-2-3-5-13(12)20-15/h2-8H,1H3,(H2,17,19)(H,18,20). The predicted molar refractivity (Wildman–Crippen MR) is 78.4 cm³/mol. The van der Waals surface area contributed by atoms with Crippen LogP contribution in [0.5, 0.6) is 0 Å². The first-order valence-corrected chi connectivity index (χ1v) is 6.19. The second-order valence-corrected chi connectivity index (χ2v) is 4.54. The van der Waals surface area contributed by atoms with Gasteiger partial charge in [-0.3, -0.25) is 0 Å². The van der Waals surface area contributed by atoms with Crippen molar-refractivity contribution in [3.63, 3.8) is 0 Å². The van der Waals surface area contributed by atoms with Crippen LogP contribution in [-0.2, 0) is 0 Å². The van der Waals surface area contributed by atoms with Gasteiger partial charge < -0.3 is 11.1 Å². The molecular formula is C15H13FN4. The fourth-order valence-corrected chi connectivity index (χ4v) is 1.96. The first-order chi connectivity index (χ1) is 9.63. The summed E-state index contributed by atoms with van der Waals surface area (Å²) in [6.07, 6.45) is 0. The second kappa shape index (κ2) is 4.77. The predicted octanol–water partition coefficient (Wildman–Crippen LogP) is 3.40. The summed E-state index contributed by atoms with van der Waals surface area (Å²) in [6.45, 7) is 1.70. The Bertz CT molecular complexity index is 786. The van der Waals surface area contributed by atoms with E-state index in [2.05, 4.69) is 15.3 Å². The molecule has 0 saturated carbocycles. The molecule has 1 aromatic heterocycles. The molecule has 0 aliphatic rings. The van der Waals surface area contributed by atoms with Crippen molar-refractivity contribution in [2.45, 2.75) is 6.92 Å². The summed E-state index contributed by atoms with van der Waals surface area (Å²) in [5, 5.41) is 3.07. The number of halogens is 1. The fourth-order valence-electron chi connectivity index (χ4n) is 1.96. The number of anilines is 3. The van der Waals surface area contributed by atoms with Gasteiger partial charge in [-0.2, -0.15) is 0 Å². The number of nitrogens with zero attached hydrogens (tertiary/aromatic N) is 2. The van der Waals surface area contributed by atoms with Gasteiger partial charge in [0.2, 0.25) is 0 Å². The molecule has 0 aliphatic carbocycles. The minimum absolute atomic E-state index is 0.242. The van der Waals surface area contributed by atoms with E-state index < -0.39 is 0 Å². The van der Waals surface area contributed by atoms with E-state index in [1.807, 2.05) is 24.3 Å². The molecule has 3 aromatic rings. The maximum absolute atomic E-state index is 13.2. The van der Waals surface area contributed by atoms with Gasteiger partial charge in [-0.05, 0) is 42.8 Å². The Morgan fingerprint density at radius 2 is 1.75 bits per heavy atom. The van der Waals surface area contributed by atoms with Crippen LogP contribution in [0.15, 0.2) is 42.5 Å². The molecule has 2 aromatic carbocycles. The Morgan fingerprint density at radius 3 is 2.45 bits per heavy atom. The van der Waals surface area contributed by atoms with Gasteiger partial charge >= 0.3 is 0 Å². The number of nitrogens with one attached hydrogen (secondary N) is 1. The summed E-state index contributed by atoms with van der Waals surface area (Å²) in [5.41, 5.74) is 8.67. The molecule has 3 rings (SSSR count). The van der Waals surface area contributed by atoms with Crippen molar-refractivity contribution in [3.05, 3.63) is 53.8 Å². The summed E-state index contributed by atoms with van der Waals surface area (Å²) in [4.78, 5) is 8.72. The van der Waals surface area contributed by atoms with Crippen LogP contribution in [0.4, 0.5) is 21.7 Å². The molecule has 0 unspecified atom stereocenters. The molecule has 0 spiro atoms. The monoisotopic (exact) mass is 268 g/mol. The van der Waals surface area contributed by atoms with Gasteiger partial charge in [0.25, 0.3) is 0 Å². The molecule has 1 heterocycles. The van der Waals surface area contributed by atoms with Crippen LogP contribution >= 0.6 is 0 Å². The molecule has 0 saturated heterocycles. The zero-order valence-corrected chi connectivity index (χ0v) is 10.9. The Balaban J connectivity index is 2.01. The molecule has 5 heteroatoms. The van der Waals surface area contributed by atoms with Gasteiger partial charge in [-0.15, -0.1) is 0 Å². The first-order valence-electron chi connectivity index (χ1n) is 6.19. The molecule has 0 atom stereocenters. The van der Waals surface area contributed by atoms with E-state index >= 15 is 0 Å². The SMILES string of the molecule is Cc1cc(Nc2nc3ccccc3nc2N)ccc1F. The van der Waals surface area contributed by atoms with Crippen LogP contribution < -0.4 is 11.1 Å². The number of aryl methyl sites for hydroxylation is 1. The van der Waals surface area contributed by atoms with Crippen molar-refractivity contribution in [1.29, 1.82) is 0 Å². The number of benzene rings is 2. The van der Waals surface area contributed by atoms with E-state index in [4.69, 9.17) is 5.73 Å². The Morgan fingerprint density at radius 1 is 1.05 bits per heavy atom. The van der Waals surface area contributed by atoms with E-state index in [0.29, 0.717) is 17.2 Å². The quantitative estimate of drug-likeness (QED) is 0.747. The lowest BCUT2D eigenvalue weighted by Gasteiger charge is -2.09. The zero-order valence-electron chi connectivity index (χ0n) is 10.9. The van der Waals surface area contributed by atoms with E-state index in [0.717, 1.165) is 16.7 Å². The van der Waals surface area contributed by atoms with Crippen molar-refractivity contribution in [2.75, 3.05) is 11.1 Å². The van der Waals surface area contributed by atoms with Gasteiger partial charge in [-0.1, -0.05) is 12.1 Å². The second-order valence-electron chi connectivity index (χ2n) is 4.54. The first kappa shape index (κ1) is 12.3. The molecule has 0 amide bonds. The smallest absolute Gasteiger partial charge is 0.174 e. The lowest BCUT2D eigenvalue weighted by Crippen LogP contribution is -2.02. The summed E-state index contributed by atoms with van der Waals surface area (Å²) in [5.74, 6) is 0.536.